The van der Waals surface area contributed by atoms with Crippen LogP contribution in [0.2, 0.25) is 0 Å². The number of nitriles is 1. The highest BCUT2D eigenvalue weighted by atomic mass is 32.2. The van der Waals surface area contributed by atoms with Gasteiger partial charge in [-0.15, -0.1) is 0 Å². The lowest BCUT2D eigenvalue weighted by molar-refractivity contribution is 0.242. The maximum atomic E-state index is 11.6. The summed E-state index contributed by atoms with van der Waals surface area (Å²) >= 11 is 0. The molecule has 0 bridgehead atoms. The zero-order valence-corrected chi connectivity index (χ0v) is 9.98. The van der Waals surface area contributed by atoms with Gasteiger partial charge in [-0.3, -0.25) is 0 Å². The molecule has 1 aromatic heterocycles. The van der Waals surface area contributed by atoms with Gasteiger partial charge in [-0.1, -0.05) is 0 Å². The lowest BCUT2D eigenvalue weighted by atomic mass is 10.2. The van der Waals surface area contributed by atoms with Gasteiger partial charge in [0.25, 0.3) is 0 Å². The van der Waals surface area contributed by atoms with Crippen molar-refractivity contribution in [1.82, 2.24) is 4.72 Å². The second kappa shape index (κ2) is 6.39. The quantitative estimate of drug-likeness (QED) is 0.694. The lowest BCUT2D eigenvalue weighted by Gasteiger charge is -2.13. The first-order chi connectivity index (χ1) is 8.09. The first kappa shape index (κ1) is 13.7. The largest absolute Gasteiger partial charge is 0.468 e. The Labute approximate surface area is 99.9 Å². The fourth-order valence-corrected chi connectivity index (χ4v) is 2.56. The number of sulfonamides is 1. The number of nitrogens with one attached hydrogen (secondary N) is 1. The zero-order chi connectivity index (χ0) is 12.7. The van der Waals surface area contributed by atoms with Gasteiger partial charge >= 0.3 is 0 Å². The SMILES string of the molecule is N#CCCCS(=O)(=O)NC(CO)c1ccco1. The summed E-state index contributed by atoms with van der Waals surface area (Å²) in [5, 5.41) is 17.4. The van der Waals surface area contributed by atoms with Crippen LogP contribution in [0.25, 0.3) is 0 Å². The summed E-state index contributed by atoms with van der Waals surface area (Å²) in [5.74, 6) is 0.217. The zero-order valence-electron chi connectivity index (χ0n) is 9.17. The molecule has 0 spiro atoms. The standard InChI is InChI=1S/C10H14N2O4S/c11-5-1-2-7-17(14,15)12-9(8-13)10-4-3-6-16-10/h3-4,6,9,12-13H,1-2,7-8H2. The van der Waals surface area contributed by atoms with Crippen LogP contribution in [0.5, 0.6) is 0 Å². The summed E-state index contributed by atoms with van der Waals surface area (Å²) < 4.78 is 30.5. The summed E-state index contributed by atoms with van der Waals surface area (Å²) in [6.45, 7) is -0.384. The van der Waals surface area contributed by atoms with Crippen molar-refractivity contribution in [3.05, 3.63) is 24.2 Å². The van der Waals surface area contributed by atoms with Crippen molar-refractivity contribution < 1.29 is 17.9 Å². The summed E-state index contributed by atoms with van der Waals surface area (Å²) in [6, 6.07) is 4.29. The van der Waals surface area contributed by atoms with Crippen molar-refractivity contribution in [3.8, 4) is 6.07 Å². The predicted octanol–water partition coefficient (Wildman–Crippen LogP) is 0.536. The first-order valence-electron chi connectivity index (χ1n) is 5.10. The monoisotopic (exact) mass is 258 g/mol. The van der Waals surface area contributed by atoms with Gasteiger partial charge in [-0.2, -0.15) is 5.26 Å². The van der Waals surface area contributed by atoms with Gasteiger partial charge in [-0.25, -0.2) is 13.1 Å². The molecule has 7 heteroatoms. The molecule has 6 nitrogen and oxygen atoms in total. The molecule has 0 amide bonds. The van der Waals surface area contributed by atoms with Crippen LogP contribution in [0.1, 0.15) is 24.6 Å². The molecule has 0 aromatic carbocycles. The molecule has 2 N–H and O–H groups in total. The second-order valence-electron chi connectivity index (χ2n) is 3.45. The molecule has 17 heavy (non-hydrogen) atoms. The smallest absolute Gasteiger partial charge is 0.212 e. The van der Waals surface area contributed by atoms with E-state index in [0.29, 0.717) is 5.76 Å². The molecular weight excluding hydrogens is 244 g/mol. The van der Waals surface area contributed by atoms with Crippen molar-refractivity contribution in [1.29, 1.82) is 5.26 Å². The third-order valence-corrected chi connectivity index (χ3v) is 3.56. The summed E-state index contributed by atoms with van der Waals surface area (Å²) in [7, 11) is -3.51. The molecule has 0 aliphatic heterocycles. The average molecular weight is 258 g/mol. The van der Waals surface area contributed by atoms with Crippen LogP contribution in [0.3, 0.4) is 0 Å². The van der Waals surface area contributed by atoms with E-state index in [1.54, 1.807) is 12.1 Å². The number of nitrogens with zero attached hydrogens (tertiary/aromatic N) is 1. The van der Waals surface area contributed by atoms with E-state index in [1.165, 1.54) is 6.26 Å². The van der Waals surface area contributed by atoms with Crippen LogP contribution in [-0.4, -0.2) is 25.9 Å². The Kier molecular flexibility index (Phi) is 5.15. The third kappa shape index (κ3) is 4.56. The van der Waals surface area contributed by atoms with E-state index in [2.05, 4.69) is 4.72 Å². The lowest BCUT2D eigenvalue weighted by Crippen LogP contribution is -2.32. The van der Waals surface area contributed by atoms with E-state index < -0.39 is 16.1 Å². The Balaban J connectivity index is 2.59. The Morgan fingerprint density at radius 2 is 2.35 bits per heavy atom. The minimum atomic E-state index is -3.51. The summed E-state index contributed by atoms with van der Waals surface area (Å²) in [4.78, 5) is 0. The molecule has 0 saturated carbocycles. The number of hydrogen-bond acceptors (Lipinski definition) is 5. The van der Waals surface area contributed by atoms with Gasteiger partial charge in [0.05, 0.1) is 24.7 Å². The van der Waals surface area contributed by atoms with Gasteiger partial charge in [0.2, 0.25) is 10.0 Å². The topological polar surface area (TPSA) is 103 Å². The summed E-state index contributed by atoms with van der Waals surface area (Å²) in [5.41, 5.74) is 0. The van der Waals surface area contributed by atoms with Crippen LogP contribution in [0, 0.1) is 11.3 Å². The Bertz CT molecular complexity index is 461. The Hall–Kier alpha value is -1.36. The number of unbranched alkanes of at least 4 members (excludes halogenated alkanes) is 1. The van der Waals surface area contributed by atoms with E-state index in [1.807, 2.05) is 6.07 Å². The fourth-order valence-electron chi connectivity index (χ4n) is 1.29. The minimum absolute atomic E-state index is 0.141. The van der Waals surface area contributed by atoms with E-state index in [9.17, 15) is 8.42 Å². The van der Waals surface area contributed by atoms with Crippen molar-refractivity contribution in [2.24, 2.45) is 0 Å². The summed E-state index contributed by atoms with van der Waals surface area (Å²) in [6.07, 6.45) is 1.86. The van der Waals surface area contributed by atoms with Crippen molar-refractivity contribution in [2.45, 2.75) is 18.9 Å². The van der Waals surface area contributed by atoms with Crippen molar-refractivity contribution >= 4 is 10.0 Å². The number of aliphatic hydroxyl groups excluding tert-OH is 1. The molecule has 0 saturated heterocycles. The van der Waals surface area contributed by atoms with Crippen LogP contribution >= 0.6 is 0 Å². The first-order valence-corrected chi connectivity index (χ1v) is 6.75. The highest BCUT2D eigenvalue weighted by Crippen LogP contribution is 2.14. The molecule has 1 atom stereocenters. The Morgan fingerprint density at radius 1 is 1.59 bits per heavy atom. The average Bonchev–Trinajstić information content (AvgIpc) is 2.79. The third-order valence-electron chi connectivity index (χ3n) is 2.09. The molecule has 1 heterocycles. The highest BCUT2D eigenvalue weighted by Gasteiger charge is 2.20. The minimum Gasteiger partial charge on any atom is -0.468 e. The molecule has 0 fully saturated rings. The van der Waals surface area contributed by atoms with Crippen LogP contribution < -0.4 is 4.72 Å². The Morgan fingerprint density at radius 3 is 2.88 bits per heavy atom. The maximum absolute atomic E-state index is 11.6. The van der Waals surface area contributed by atoms with Gasteiger partial charge in [0.1, 0.15) is 11.8 Å². The molecular formula is C10H14N2O4S. The van der Waals surface area contributed by atoms with Crippen molar-refractivity contribution in [3.63, 3.8) is 0 Å². The van der Waals surface area contributed by atoms with E-state index in [0.717, 1.165) is 0 Å². The van der Waals surface area contributed by atoms with E-state index >= 15 is 0 Å². The normalized spacial score (nSPS) is 13.2. The number of rotatable bonds is 7. The maximum Gasteiger partial charge on any atom is 0.212 e. The molecule has 0 radical (unpaired) electrons. The van der Waals surface area contributed by atoms with Crippen LogP contribution in [0.15, 0.2) is 22.8 Å². The van der Waals surface area contributed by atoms with Gasteiger partial charge in [0.15, 0.2) is 0 Å². The van der Waals surface area contributed by atoms with E-state index in [-0.39, 0.29) is 25.2 Å². The van der Waals surface area contributed by atoms with Gasteiger partial charge in [-0.05, 0) is 18.6 Å². The molecule has 1 aromatic rings. The molecule has 0 aliphatic rings. The fraction of sp³-hybridized carbons (Fsp3) is 0.500. The van der Waals surface area contributed by atoms with Gasteiger partial charge in [0, 0.05) is 6.42 Å². The molecule has 1 rings (SSSR count). The number of aliphatic hydroxyl groups is 1. The molecule has 1 unspecified atom stereocenters. The second-order valence-corrected chi connectivity index (χ2v) is 5.32. The van der Waals surface area contributed by atoms with E-state index in [4.69, 9.17) is 14.8 Å². The number of hydrogen-bond donors (Lipinski definition) is 2. The van der Waals surface area contributed by atoms with Gasteiger partial charge < -0.3 is 9.52 Å². The van der Waals surface area contributed by atoms with Crippen LogP contribution in [0.4, 0.5) is 0 Å². The van der Waals surface area contributed by atoms with Crippen molar-refractivity contribution in [2.75, 3.05) is 12.4 Å². The molecule has 94 valence electrons. The molecule has 0 aliphatic carbocycles. The predicted molar refractivity (Wildman–Crippen MR) is 60.3 cm³/mol. The van der Waals surface area contributed by atoms with Crippen LogP contribution in [-0.2, 0) is 10.0 Å². The highest BCUT2D eigenvalue weighted by molar-refractivity contribution is 7.89. The number of furan rings is 1.